The summed E-state index contributed by atoms with van der Waals surface area (Å²) >= 11 is 0. The summed E-state index contributed by atoms with van der Waals surface area (Å²) in [5.41, 5.74) is 0. The van der Waals surface area contributed by atoms with Gasteiger partial charge in [-0.3, -0.25) is 0 Å². The molecule has 0 bridgehead atoms. The van der Waals surface area contributed by atoms with Crippen LogP contribution >= 0.6 is 0 Å². The lowest BCUT2D eigenvalue weighted by molar-refractivity contribution is 0.373. The maximum absolute atomic E-state index is 12.1. The Kier molecular flexibility index (Phi) is 6.67. The standard InChI is InChI=1S/C13H25N3O3S/c1-5-14-10-12-6-7-13(19-12)20(17,18)15-11(2)8-9-16(3)4/h6-7,11,14-15H,5,8-10H2,1-4H3. The highest BCUT2D eigenvalue weighted by atomic mass is 32.2. The molecule has 0 fully saturated rings. The zero-order valence-corrected chi connectivity index (χ0v) is 13.5. The second-order valence-electron chi connectivity index (χ2n) is 5.12. The molecule has 116 valence electrons. The zero-order valence-electron chi connectivity index (χ0n) is 12.6. The van der Waals surface area contributed by atoms with Crippen LogP contribution in [0.15, 0.2) is 21.6 Å². The van der Waals surface area contributed by atoms with E-state index in [1.165, 1.54) is 6.07 Å². The van der Waals surface area contributed by atoms with E-state index in [9.17, 15) is 8.42 Å². The molecule has 1 rings (SSSR count). The Morgan fingerprint density at radius 1 is 1.35 bits per heavy atom. The number of hydrogen-bond donors (Lipinski definition) is 2. The van der Waals surface area contributed by atoms with Crippen molar-refractivity contribution in [1.29, 1.82) is 0 Å². The predicted octanol–water partition coefficient (Wildman–Crippen LogP) is 1.01. The molecule has 0 amide bonds. The molecule has 1 aromatic heterocycles. The molecule has 20 heavy (non-hydrogen) atoms. The lowest BCUT2D eigenvalue weighted by atomic mass is 10.2. The molecule has 0 aliphatic rings. The van der Waals surface area contributed by atoms with Gasteiger partial charge in [0.05, 0.1) is 6.54 Å². The van der Waals surface area contributed by atoms with Crippen molar-refractivity contribution in [2.75, 3.05) is 27.2 Å². The van der Waals surface area contributed by atoms with Gasteiger partial charge in [0.25, 0.3) is 10.0 Å². The molecule has 0 aliphatic heterocycles. The van der Waals surface area contributed by atoms with Gasteiger partial charge in [-0.15, -0.1) is 0 Å². The molecule has 0 aromatic carbocycles. The molecule has 7 heteroatoms. The fourth-order valence-electron chi connectivity index (χ4n) is 1.68. The Bertz CT molecular complexity index is 497. The molecule has 6 nitrogen and oxygen atoms in total. The fourth-order valence-corrected chi connectivity index (χ4v) is 2.91. The minimum atomic E-state index is -3.57. The van der Waals surface area contributed by atoms with Gasteiger partial charge in [0, 0.05) is 6.04 Å². The molecule has 1 aromatic rings. The van der Waals surface area contributed by atoms with Crippen molar-refractivity contribution >= 4 is 10.0 Å². The van der Waals surface area contributed by atoms with Gasteiger partial charge in [0.1, 0.15) is 5.76 Å². The van der Waals surface area contributed by atoms with E-state index < -0.39 is 10.0 Å². The minimum Gasteiger partial charge on any atom is -0.447 e. The van der Waals surface area contributed by atoms with Gasteiger partial charge in [-0.25, -0.2) is 13.1 Å². The second kappa shape index (κ2) is 7.78. The van der Waals surface area contributed by atoms with E-state index in [-0.39, 0.29) is 11.1 Å². The van der Waals surface area contributed by atoms with Crippen molar-refractivity contribution in [3.05, 3.63) is 17.9 Å². The van der Waals surface area contributed by atoms with Gasteiger partial charge < -0.3 is 14.6 Å². The maximum Gasteiger partial charge on any atom is 0.274 e. The predicted molar refractivity (Wildman–Crippen MR) is 79.0 cm³/mol. The van der Waals surface area contributed by atoms with Crippen molar-refractivity contribution in [3.8, 4) is 0 Å². The van der Waals surface area contributed by atoms with E-state index in [0.29, 0.717) is 12.3 Å². The molecule has 2 N–H and O–H groups in total. The Hall–Kier alpha value is -0.890. The van der Waals surface area contributed by atoms with Crippen LogP contribution in [0.4, 0.5) is 0 Å². The third kappa shape index (κ3) is 5.62. The SMILES string of the molecule is CCNCc1ccc(S(=O)(=O)NC(C)CCN(C)C)o1. The van der Waals surface area contributed by atoms with Crippen LogP contribution in [0.25, 0.3) is 0 Å². The first-order chi connectivity index (χ1) is 9.35. The van der Waals surface area contributed by atoms with Gasteiger partial charge in [0.2, 0.25) is 5.09 Å². The Morgan fingerprint density at radius 2 is 2.05 bits per heavy atom. The lowest BCUT2D eigenvalue weighted by Gasteiger charge is -2.15. The molecule has 0 spiro atoms. The Labute approximate surface area is 121 Å². The average molecular weight is 303 g/mol. The summed E-state index contributed by atoms with van der Waals surface area (Å²) in [6, 6.07) is 3.04. The topological polar surface area (TPSA) is 74.6 Å². The summed E-state index contributed by atoms with van der Waals surface area (Å²) in [5.74, 6) is 0.619. The molecule has 0 aliphatic carbocycles. The van der Waals surface area contributed by atoms with Crippen molar-refractivity contribution in [1.82, 2.24) is 14.9 Å². The van der Waals surface area contributed by atoms with Gasteiger partial charge in [0.15, 0.2) is 0 Å². The van der Waals surface area contributed by atoms with E-state index in [1.807, 2.05) is 32.8 Å². The summed E-state index contributed by atoms with van der Waals surface area (Å²) in [7, 11) is 0.344. The van der Waals surface area contributed by atoms with Crippen LogP contribution in [0.2, 0.25) is 0 Å². The van der Waals surface area contributed by atoms with E-state index >= 15 is 0 Å². The number of rotatable bonds is 9. The van der Waals surface area contributed by atoms with E-state index in [2.05, 4.69) is 10.0 Å². The largest absolute Gasteiger partial charge is 0.447 e. The normalized spacial score (nSPS) is 13.8. The van der Waals surface area contributed by atoms with Gasteiger partial charge in [-0.2, -0.15) is 0 Å². The molecule has 1 heterocycles. The smallest absolute Gasteiger partial charge is 0.274 e. The highest BCUT2D eigenvalue weighted by molar-refractivity contribution is 7.89. The van der Waals surface area contributed by atoms with Crippen LogP contribution < -0.4 is 10.0 Å². The van der Waals surface area contributed by atoms with Crippen LogP contribution in [0.1, 0.15) is 26.0 Å². The number of hydrogen-bond acceptors (Lipinski definition) is 5. The van der Waals surface area contributed by atoms with Crippen molar-refractivity contribution in [2.45, 2.75) is 37.9 Å². The molecule has 0 saturated heterocycles. The first-order valence-electron chi connectivity index (χ1n) is 6.81. The van der Waals surface area contributed by atoms with Crippen molar-refractivity contribution in [2.24, 2.45) is 0 Å². The quantitative estimate of drug-likeness (QED) is 0.712. The monoisotopic (exact) mass is 303 g/mol. The second-order valence-corrected chi connectivity index (χ2v) is 6.76. The first-order valence-corrected chi connectivity index (χ1v) is 8.30. The fraction of sp³-hybridized carbons (Fsp3) is 0.692. The van der Waals surface area contributed by atoms with Crippen molar-refractivity contribution < 1.29 is 12.8 Å². The molecule has 1 unspecified atom stereocenters. The van der Waals surface area contributed by atoms with Crippen LogP contribution in [-0.4, -0.2) is 46.5 Å². The van der Waals surface area contributed by atoms with Gasteiger partial charge in [-0.05, 0) is 52.7 Å². The number of nitrogens with zero attached hydrogens (tertiary/aromatic N) is 1. The lowest BCUT2D eigenvalue weighted by Crippen LogP contribution is -2.34. The Morgan fingerprint density at radius 3 is 2.65 bits per heavy atom. The van der Waals surface area contributed by atoms with E-state index in [0.717, 1.165) is 19.5 Å². The first kappa shape index (κ1) is 17.2. The average Bonchev–Trinajstić information content (AvgIpc) is 2.83. The maximum atomic E-state index is 12.1. The molecule has 0 saturated carbocycles. The Balaban J connectivity index is 2.61. The van der Waals surface area contributed by atoms with Crippen LogP contribution in [0.3, 0.4) is 0 Å². The summed E-state index contributed by atoms with van der Waals surface area (Å²) in [6.07, 6.45) is 0.747. The number of furan rings is 1. The third-order valence-corrected chi connectivity index (χ3v) is 4.28. The summed E-state index contributed by atoms with van der Waals surface area (Å²) < 4.78 is 32.3. The van der Waals surface area contributed by atoms with Gasteiger partial charge >= 0.3 is 0 Å². The van der Waals surface area contributed by atoms with E-state index in [4.69, 9.17) is 4.42 Å². The minimum absolute atomic E-state index is 0.0258. The summed E-state index contributed by atoms with van der Waals surface area (Å²) in [6.45, 7) is 6.00. The molecular formula is C13H25N3O3S. The van der Waals surface area contributed by atoms with Crippen molar-refractivity contribution in [3.63, 3.8) is 0 Å². The van der Waals surface area contributed by atoms with Gasteiger partial charge in [-0.1, -0.05) is 6.92 Å². The van der Waals surface area contributed by atoms with E-state index in [1.54, 1.807) is 6.07 Å². The zero-order chi connectivity index (χ0) is 15.2. The summed E-state index contributed by atoms with van der Waals surface area (Å²) in [5, 5.41) is 3.06. The molecule has 0 radical (unpaired) electrons. The molecular weight excluding hydrogens is 278 g/mol. The summed E-state index contributed by atoms with van der Waals surface area (Å²) in [4.78, 5) is 2.02. The van der Waals surface area contributed by atoms with Crippen LogP contribution in [0, 0.1) is 0 Å². The molecule has 1 atom stereocenters. The number of nitrogens with one attached hydrogen (secondary N) is 2. The van der Waals surface area contributed by atoms with Crippen LogP contribution in [0.5, 0.6) is 0 Å². The number of sulfonamides is 1. The van der Waals surface area contributed by atoms with Crippen LogP contribution in [-0.2, 0) is 16.6 Å². The highest BCUT2D eigenvalue weighted by Crippen LogP contribution is 2.14. The highest BCUT2D eigenvalue weighted by Gasteiger charge is 2.21. The third-order valence-electron chi connectivity index (χ3n) is 2.82.